The summed E-state index contributed by atoms with van der Waals surface area (Å²) in [6.07, 6.45) is -0.143. The molecule has 0 fully saturated rings. The molecule has 0 aliphatic rings. The normalized spacial score (nSPS) is 11.3. The average Bonchev–Trinajstić information content (AvgIpc) is 2.71. The molecule has 3 aromatic rings. The Morgan fingerprint density at radius 2 is 1.30 bits per heavy atom. The van der Waals surface area contributed by atoms with Crippen LogP contribution in [-0.4, -0.2) is 6.35 Å². The largest absolute Gasteiger partial charge is 0.481 e. The average molecular weight is 382 g/mol. The lowest BCUT2D eigenvalue weighted by molar-refractivity contribution is 0.172. The fourth-order valence-electron chi connectivity index (χ4n) is 2.46. The van der Waals surface area contributed by atoms with Crippen LogP contribution < -0.4 is 4.74 Å². The first kappa shape index (κ1) is 19.4. The highest BCUT2D eigenvalue weighted by Crippen LogP contribution is 2.49. The van der Waals surface area contributed by atoms with Crippen LogP contribution in [0.5, 0.6) is 5.75 Å². The summed E-state index contributed by atoms with van der Waals surface area (Å²) in [5.41, 5.74) is 2.92. The van der Waals surface area contributed by atoms with E-state index < -0.39 is 7.60 Å². The molecule has 0 N–H and O–H groups in total. The summed E-state index contributed by atoms with van der Waals surface area (Å²) in [7, 11) is -3.45. The van der Waals surface area contributed by atoms with Crippen molar-refractivity contribution in [3.8, 4) is 5.75 Å². The van der Waals surface area contributed by atoms with Crippen LogP contribution in [0.3, 0.4) is 0 Å². The first-order valence-electron chi connectivity index (χ1n) is 8.78. The maximum Gasteiger partial charge on any atom is 0.368 e. The van der Waals surface area contributed by atoms with Gasteiger partial charge in [0.25, 0.3) is 0 Å². The van der Waals surface area contributed by atoms with Crippen LogP contribution in [0.1, 0.15) is 16.7 Å². The molecule has 140 valence electrons. The minimum Gasteiger partial charge on any atom is -0.481 e. The van der Waals surface area contributed by atoms with Crippen LogP contribution in [0.25, 0.3) is 0 Å². The Kier molecular flexibility index (Phi) is 6.83. The van der Waals surface area contributed by atoms with Crippen molar-refractivity contribution in [2.75, 3.05) is 6.35 Å². The summed E-state index contributed by atoms with van der Waals surface area (Å²) < 4.78 is 30.4. The predicted molar refractivity (Wildman–Crippen MR) is 107 cm³/mol. The highest BCUT2D eigenvalue weighted by atomic mass is 31.2. The van der Waals surface area contributed by atoms with E-state index in [0.717, 1.165) is 16.7 Å². The summed E-state index contributed by atoms with van der Waals surface area (Å²) in [6, 6.07) is 26.8. The Labute approximate surface area is 160 Å². The Bertz CT molecular complexity index is 834. The molecule has 0 spiro atoms. The number of hydrogen-bond acceptors (Lipinski definition) is 4. The zero-order valence-electron chi connectivity index (χ0n) is 15.3. The number of rotatable bonds is 9. The Morgan fingerprint density at radius 3 is 1.81 bits per heavy atom. The second kappa shape index (κ2) is 9.52. The van der Waals surface area contributed by atoms with E-state index in [0.29, 0.717) is 5.75 Å². The van der Waals surface area contributed by atoms with Gasteiger partial charge in [-0.25, -0.2) is 0 Å². The third-order valence-corrected chi connectivity index (χ3v) is 5.41. The number of ether oxygens (including phenoxy) is 1. The van der Waals surface area contributed by atoms with E-state index in [1.165, 1.54) is 0 Å². The van der Waals surface area contributed by atoms with Crippen LogP contribution in [-0.2, 0) is 26.8 Å². The maximum atomic E-state index is 13.2. The minimum absolute atomic E-state index is 0.143. The number of aryl methyl sites for hydroxylation is 1. The second-order valence-corrected chi connectivity index (χ2v) is 8.22. The summed E-state index contributed by atoms with van der Waals surface area (Å²) in [6.45, 7) is 2.37. The standard InChI is InChI=1S/C22H23O4P/c1-19-9-8-14-22(15-19)24-18-27(23,25-16-20-10-4-2-5-11-20)26-17-21-12-6-3-7-13-21/h2-15H,16-18H2,1H3. The highest BCUT2D eigenvalue weighted by molar-refractivity contribution is 7.53. The van der Waals surface area contributed by atoms with Gasteiger partial charge in [0.2, 0.25) is 0 Å². The molecule has 0 bridgehead atoms. The van der Waals surface area contributed by atoms with E-state index in [1.807, 2.05) is 91.9 Å². The first-order valence-corrected chi connectivity index (χ1v) is 10.5. The number of benzene rings is 3. The van der Waals surface area contributed by atoms with Gasteiger partial charge in [-0.05, 0) is 35.7 Å². The van der Waals surface area contributed by atoms with Crippen LogP contribution in [0.15, 0.2) is 84.9 Å². The van der Waals surface area contributed by atoms with Gasteiger partial charge in [0.05, 0.1) is 13.2 Å². The van der Waals surface area contributed by atoms with Gasteiger partial charge in [0, 0.05) is 0 Å². The van der Waals surface area contributed by atoms with E-state index in [-0.39, 0.29) is 19.6 Å². The van der Waals surface area contributed by atoms with E-state index in [9.17, 15) is 4.57 Å². The zero-order chi connectivity index (χ0) is 19.0. The van der Waals surface area contributed by atoms with Crippen LogP contribution in [0.2, 0.25) is 0 Å². The van der Waals surface area contributed by atoms with E-state index in [2.05, 4.69) is 0 Å². The molecule has 0 aliphatic carbocycles. The molecule has 0 radical (unpaired) electrons. The smallest absolute Gasteiger partial charge is 0.368 e. The molecular formula is C22H23O4P. The topological polar surface area (TPSA) is 44.8 Å². The molecule has 0 heterocycles. The lowest BCUT2D eigenvalue weighted by Crippen LogP contribution is -2.06. The Balaban J connectivity index is 1.67. The molecule has 0 aliphatic heterocycles. The third kappa shape index (κ3) is 6.37. The van der Waals surface area contributed by atoms with Crippen molar-refractivity contribution >= 4 is 7.60 Å². The van der Waals surface area contributed by atoms with Crippen molar-refractivity contribution in [1.82, 2.24) is 0 Å². The third-order valence-electron chi connectivity index (χ3n) is 3.92. The van der Waals surface area contributed by atoms with Gasteiger partial charge in [0.1, 0.15) is 5.75 Å². The summed E-state index contributed by atoms with van der Waals surface area (Å²) in [5, 5.41) is 0. The molecule has 3 aromatic carbocycles. The van der Waals surface area contributed by atoms with E-state index >= 15 is 0 Å². The summed E-state index contributed by atoms with van der Waals surface area (Å²) in [5.74, 6) is 0.641. The molecule has 0 unspecified atom stereocenters. The minimum atomic E-state index is -3.45. The molecule has 3 rings (SSSR count). The van der Waals surface area contributed by atoms with Gasteiger partial charge >= 0.3 is 7.60 Å². The fraction of sp³-hybridized carbons (Fsp3) is 0.182. The molecule has 0 saturated heterocycles. The van der Waals surface area contributed by atoms with Gasteiger partial charge in [-0.3, -0.25) is 4.57 Å². The van der Waals surface area contributed by atoms with Crippen LogP contribution in [0.4, 0.5) is 0 Å². The summed E-state index contributed by atoms with van der Waals surface area (Å²) in [4.78, 5) is 0. The van der Waals surface area contributed by atoms with Crippen molar-refractivity contribution in [3.63, 3.8) is 0 Å². The lowest BCUT2D eigenvalue weighted by atomic mass is 10.2. The molecule has 0 amide bonds. The van der Waals surface area contributed by atoms with Crippen molar-refractivity contribution in [1.29, 1.82) is 0 Å². The monoisotopic (exact) mass is 382 g/mol. The summed E-state index contributed by atoms with van der Waals surface area (Å²) >= 11 is 0. The predicted octanol–water partition coefficient (Wildman–Crippen LogP) is 5.96. The van der Waals surface area contributed by atoms with Crippen molar-refractivity contribution in [2.45, 2.75) is 20.1 Å². The Hall–Kier alpha value is -2.39. The SMILES string of the molecule is Cc1cccc(OCP(=O)(OCc2ccccc2)OCc2ccccc2)c1. The van der Waals surface area contributed by atoms with Crippen molar-refractivity contribution in [3.05, 3.63) is 102 Å². The van der Waals surface area contributed by atoms with Gasteiger partial charge < -0.3 is 13.8 Å². The fourth-order valence-corrected chi connectivity index (χ4v) is 3.69. The van der Waals surface area contributed by atoms with Crippen molar-refractivity contribution in [2.24, 2.45) is 0 Å². The van der Waals surface area contributed by atoms with Crippen molar-refractivity contribution < 1.29 is 18.3 Å². The highest BCUT2D eigenvalue weighted by Gasteiger charge is 2.26. The molecule has 0 saturated carbocycles. The lowest BCUT2D eigenvalue weighted by Gasteiger charge is -2.19. The second-order valence-electron chi connectivity index (χ2n) is 6.22. The Morgan fingerprint density at radius 1 is 0.741 bits per heavy atom. The molecule has 0 atom stereocenters. The first-order chi connectivity index (χ1) is 13.1. The molecule has 27 heavy (non-hydrogen) atoms. The van der Waals surface area contributed by atoms with E-state index in [4.69, 9.17) is 13.8 Å². The van der Waals surface area contributed by atoms with Gasteiger partial charge in [0.15, 0.2) is 6.35 Å². The van der Waals surface area contributed by atoms with E-state index in [1.54, 1.807) is 0 Å². The van der Waals surface area contributed by atoms with Gasteiger partial charge in [-0.1, -0.05) is 72.8 Å². The maximum absolute atomic E-state index is 13.2. The molecular weight excluding hydrogens is 359 g/mol. The molecule has 5 heteroatoms. The quantitative estimate of drug-likeness (QED) is 0.429. The zero-order valence-corrected chi connectivity index (χ0v) is 16.2. The van der Waals surface area contributed by atoms with Crippen LogP contribution in [0, 0.1) is 6.92 Å². The van der Waals surface area contributed by atoms with Gasteiger partial charge in [-0.2, -0.15) is 0 Å². The number of hydrogen-bond donors (Lipinski definition) is 0. The molecule has 0 aromatic heterocycles. The molecule has 4 nitrogen and oxygen atoms in total. The van der Waals surface area contributed by atoms with Crippen LogP contribution >= 0.6 is 7.60 Å². The van der Waals surface area contributed by atoms with Gasteiger partial charge in [-0.15, -0.1) is 0 Å².